The highest BCUT2D eigenvalue weighted by atomic mass is 35.5. The van der Waals surface area contributed by atoms with E-state index in [1.165, 1.54) is 19.3 Å². The molecule has 0 spiro atoms. The van der Waals surface area contributed by atoms with Crippen LogP contribution in [0.3, 0.4) is 0 Å². The van der Waals surface area contributed by atoms with Crippen molar-refractivity contribution in [3.8, 4) is 0 Å². The maximum Gasteiger partial charge on any atom is 0.227 e. The van der Waals surface area contributed by atoms with E-state index >= 15 is 0 Å². The number of nitrogens with one attached hydrogen (secondary N) is 1. The average molecular weight is 406 g/mol. The third kappa shape index (κ3) is 4.99. The molecule has 2 heterocycles. The van der Waals surface area contributed by atoms with Crippen LogP contribution in [-0.2, 0) is 9.59 Å². The molecule has 0 atom stereocenters. The molecular weight excluding hydrogens is 374 g/mol. The standard InChI is InChI=1S/C22H32ClN3O2/c1-22(2,3)21(28)26-13-9-16(10-14-26)20(27)24-18-15-17(23)7-8-19(18)25-11-5-4-6-12-25/h7-8,15-16H,4-6,9-14H2,1-3H3,(H,24,27). The van der Waals surface area contributed by atoms with Crippen LogP contribution in [0.1, 0.15) is 52.9 Å². The maximum atomic E-state index is 12.9. The highest BCUT2D eigenvalue weighted by Crippen LogP contribution is 2.32. The first-order valence-corrected chi connectivity index (χ1v) is 10.8. The van der Waals surface area contributed by atoms with Crippen molar-refractivity contribution < 1.29 is 9.59 Å². The van der Waals surface area contributed by atoms with Gasteiger partial charge in [0.05, 0.1) is 11.4 Å². The van der Waals surface area contributed by atoms with Gasteiger partial charge in [-0.2, -0.15) is 0 Å². The summed E-state index contributed by atoms with van der Waals surface area (Å²) in [6.45, 7) is 9.13. The molecule has 2 saturated heterocycles. The van der Waals surface area contributed by atoms with E-state index in [-0.39, 0.29) is 23.1 Å². The summed E-state index contributed by atoms with van der Waals surface area (Å²) in [4.78, 5) is 29.6. The van der Waals surface area contributed by atoms with Crippen molar-refractivity contribution in [2.75, 3.05) is 36.4 Å². The summed E-state index contributed by atoms with van der Waals surface area (Å²) >= 11 is 6.21. The summed E-state index contributed by atoms with van der Waals surface area (Å²) in [5, 5.41) is 3.75. The normalized spacial score (nSPS) is 18.9. The predicted molar refractivity (Wildman–Crippen MR) is 115 cm³/mol. The fourth-order valence-electron chi connectivity index (χ4n) is 4.07. The molecule has 154 valence electrons. The molecule has 2 amide bonds. The Morgan fingerprint density at radius 3 is 2.29 bits per heavy atom. The number of benzene rings is 1. The quantitative estimate of drug-likeness (QED) is 0.802. The minimum absolute atomic E-state index is 0.0309. The van der Waals surface area contributed by atoms with Gasteiger partial charge in [0.25, 0.3) is 0 Å². The molecule has 2 fully saturated rings. The van der Waals surface area contributed by atoms with Crippen molar-refractivity contribution in [1.29, 1.82) is 0 Å². The lowest BCUT2D eigenvalue weighted by atomic mass is 9.90. The fourth-order valence-corrected chi connectivity index (χ4v) is 4.24. The van der Waals surface area contributed by atoms with Gasteiger partial charge in [0, 0.05) is 42.5 Å². The first-order valence-electron chi connectivity index (χ1n) is 10.4. The van der Waals surface area contributed by atoms with Crippen LogP contribution in [0.15, 0.2) is 18.2 Å². The Morgan fingerprint density at radius 2 is 1.68 bits per heavy atom. The monoisotopic (exact) mass is 405 g/mol. The molecule has 3 rings (SSSR count). The van der Waals surface area contributed by atoms with E-state index in [9.17, 15) is 9.59 Å². The molecule has 2 aliphatic rings. The van der Waals surface area contributed by atoms with E-state index in [2.05, 4.69) is 10.2 Å². The molecule has 0 unspecified atom stereocenters. The molecule has 5 nitrogen and oxygen atoms in total. The summed E-state index contributed by atoms with van der Waals surface area (Å²) in [7, 11) is 0. The second-order valence-corrected chi connectivity index (χ2v) is 9.45. The van der Waals surface area contributed by atoms with Gasteiger partial charge < -0.3 is 15.1 Å². The van der Waals surface area contributed by atoms with Crippen LogP contribution in [-0.4, -0.2) is 42.9 Å². The van der Waals surface area contributed by atoms with Gasteiger partial charge in [-0.25, -0.2) is 0 Å². The number of rotatable bonds is 3. The van der Waals surface area contributed by atoms with Crippen molar-refractivity contribution in [3.05, 3.63) is 23.2 Å². The summed E-state index contributed by atoms with van der Waals surface area (Å²) < 4.78 is 0. The average Bonchev–Trinajstić information content (AvgIpc) is 2.67. The lowest BCUT2D eigenvalue weighted by Gasteiger charge is -2.35. The SMILES string of the molecule is CC(C)(C)C(=O)N1CCC(C(=O)Nc2cc(Cl)ccc2N2CCCCC2)CC1. The van der Waals surface area contributed by atoms with Gasteiger partial charge in [0.2, 0.25) is 11.8 Å². The van der Waals surface area contributed by atoms with E-state index in [4.69, 9.17) is 11.6 Å². The molecule has 1 N–H and O–H groups in total. The van der Waals surface area contributed by atoms with Crippen LogP contribution in [0, 0.1) is 11.3 Å². The smallest absolute Gasteiger partial charge is 0.227 e. The summed E-state index contributed by atoms with van der Waals surface area (Å²) in [5.41, 5.74) is 1.48. The van der Waals surface area contributed by atoms with Crippen LogP contribution >= 0.6 is 11.6 Å². The lowest BCUT2D eigenvalue weighted by Crippen LogP contribution is -2.45. The number of piperidine rings is 2. The van der Waals surface area contributed by atoms with Crippen LogP contribution < -0.4 is 10.2 Å². The topological polar surface area (TPSA) is 52.7 Å². The Kier molecular flexibility index (Phi) is 6.54. The molecule has 28 heavy (non-hydrogen) atoms. The maximum absolute atomic E-state index is 12.9. The molecule has 0 saturated carbocycles. The van der Waals surface area contributed by atoms with Gasteiger partial charge in [0.15, 0.2) is 0 Å². The zero-order chi connectivity index (χ0) is 20.3. The largest absolute Gasteiger partial charge is 0.370 e. The second-order valence-electron chi connectivity index (χ2n) is 9.01. The third-order valence-corrected chi connectivity index (χ3v) is 5.94. The molecule has 6 heteroatoms. The van der Waals surface area contributed by atoms with Crippen molar-refractivity contribution in [3.63, 3.8) is 0 Å². The number of carbonyl (C=O) groups excluding carboxylic acids is 2. The lowest BCUT2D eigenvalue weighted by molar-refractivity contribution is -0.142. The predicted octanol–water partition coefficient (Wildman–Crippen LogP) is 4.55. The summed E-state index contributed by atoms with van der Waals surface area (Å²) in [6, 6.07) is 5.74. The van der Waals surface area contributed by atoms with E-state index in [0.29, 0.717) is 31.0 Å². The number of likely N-dealkylation sites (tertiary alicyclic amines) is 1. The zero-order valence-corrected chi connectivity index (χ0v) is 18.0. The van der Waals surface area contributed by atoms with E-state index in [1.54, 1.807) is 0 Å². The molecule has 0 aromatic heterocycles. The Labute approximate surface area is 173 Å². The molecule has 0 bridgehead atoms. The summed E-state index contributed by atoms with van der Waals surface area (Å²) in [6.07, 6.45) is 5.02. The van der Waals surface area contributed by atoms with Gasteiger partial charge in [-0.3, -0.25) is 9.59 Å². The molecule has 1 aromatic rings. The number of halogens is 1. The number of hydrogen-bond acceptors (Lipinski definition) is 3. The number of nitrogens with zero attached hydrogens (tertiary/aromatic N) is 2. The molecule has 0 aliphatic carbocycles. The van der Waals surface area contributed by atoms with Crippen LogP contribution in [0.25, 0.3) is 0 Å². The Balaban J connectivity index is 1.64. The van der Waals surface area contributed by atoms with E-state index < -0.39 is 0 Å². The van der Waals surface area contributed by atoms with Crippen molar-refractivity contribution in [2.24, 2.45) is 11.3 Å². The molecular formula is C22H32ClN3O2. The van der Waals surface area contributed by atoms with Crippen molar-refractivity contribution in [2.45, 2.75) is 52.9 Å². The minimum Gasteiger partial charge on any atom is -0.370 e. The number of anilines is 2. The van der Waals surface area contributed by atoms with Gasteiger partial charge >= 0.3 is 0 Å². The number of hydrogen-bond donors (Lipinski definition) is 1. The minimum atomic E-state index is -0.376. The van der Waals surface area contributed by atoms with Crippen LogP contribution in [0.4, 0.5) is 11.4 Å². The first-order chi connectivity index (χ1) is 13.3. The van der Waals surface area contributed by atoms with Crippen LogP contribution in [0.2, 0.25) is 5.02 Å². The Morgan fingerprint density at radius 1 is 1.04 bits per heavy atom. The number of carbonyl (C=O) groups is 2. The molecule has 2 aliphatic heterocycles. The second kappa shape index (κ2) is 8.73. The van der Waals surface area contributed by atoms with Gasteiger partial charge in [-0.15, -0.1) is 0 Å². The van der Waals surface area contributed by atoms with E-state index in [0.717, 1.165) is 24.5 Å². The van der Waals surface area contributed by atoms with E-state index in [1.807, 2.05) is 43.9 Å². The highest BCUT2D eigenvalue weighted by molar-refractivity contribution is 6.31. The van der Waals surface area contributed by atoms with Crippen molar-refractivity contribution in [1.82, 2.24) is 4.90 Å². The van der Waals surface area contributed by atoms with Crippen molar-refractivity contribution >= 4 is 34.8 Å². The van der Waals surface area contributed by atoms with Crippen LogP contribution in [0.5, 0.6) is 0 Å². The molecule has 0 radical (unpaired) electrons. The third-order valence-electron chi connectivity index (χ3n) is 5.71. The van der Waals surface area contributed by atoms with Gasteiger partial charge in [-0.1, -0.05) is 32.4 Å². The fraction of sp³-hybridized carbons (Fsp3) is 0.636. The zero-order valence-electron chi connectivity index (χ0n) is 17.3. The van der Waals surface area contributed by atoms with Gasteiger partial charge in [0.1, 0.15) is 0 Å². The van der Waals surface area contributed by atoms with Gasteiger partial charge in [-0.05, 0) is 50.3 Å². The summed E-state index contributed by atoms with van der Waals surface area (Å²) in [5.74, 6) is 0.120. The first kappa shape index (κ1) is 21.0. The Hall–Kier alpha value is -1.75. The molecule has 1 aromatic carbocycles. The Bertz CT molecular complexity index is 715. The number of amides is 2. The highest BCUT2D eigenvalue weighted by Gasteiger charge is 2.32.